The maximum Gasteiger partial charge on any atom is 0.129 e. The molecular formula is C17H26FNO. The molecule has 1 aromatic rings. The van der Waals surface area contributed by atoms with Gasteiger partial charge in [-0.15, -0.1) is 0 Å². The Morgan fingerprint density at radius 2 is 1.75 bits per heavy atom. The van der Waals surface area contributed by atoms with Crippen molar-refractivity contribution in [3.05, 3.63) is 34.6 Å². The fourth-order valence-corrected chi connectivity index (χ4v) is 3.27. The molecule has 0 bridgehead atoms. The first-order valence-electron chi connectivity index (χ1n) is 7.54. The van der Waals surface area contributed by atoms with Gasteiger partial charge in [0.1, 0.15) is 5.82 Å². The summed E-state index contributed by atoms with van der Waals surface area (Å²) in [7, 11) is 0. The standard InChI is InChI=1S/C17H26FNO/c1-12-10-13(2)15(14(18)11-12)16(20)17(3,4)19-8-6-5-7-9-19/h10-11,16,20H,5-9H2,1-4H3. The molecule has 1 fully saturated rings. The predicted octanol–water partition coefficient (Wildman–Crippen LogP) is 3.74. The maximum atomic E-state index is 14.3. The van der Waals surface area contributed by atoms with Crippen LogP contribution in [0.25, 0.3) is 0 Å². The first kappa shape index (κ1) is 15.5. The summed E-state index contributed by atoms with van der Waals surface area (Å²) < 4.78 is 14.3. The zero-order valence-corrected chi connectivity index (χ0v) is 13.0. The maximum absolute atomic E-state index is 14.3. The summed E-state index contributed by atoms with van der Waals surface area (Å²) in [4.78, 5) is 2.29. The second kappa shape index (κ2) is 5.82. The average Bonchev–Trinajstić information content (AvgIpc) is 2.38. The third-order valence-electron chi connectivity index (χ3n) is 4.59. The van der Waals surface area contributed by atoms with E-state index in [2.05, 4.69) is 4.90 Å². The molecule has 1 atom stereocenters. The second-order valence-corrected chi connectivity index (χ2v) is 6.58. The Morgan fingerprint density at radius 3 is 2.30 bits per heavy atom. The van der Waals surface area contributed by atoms with Crippen LogP contribution in [0.1, 0.15) is 55.9 Å². The summed E-state index contributed by atoms with van der Waals surface area (Å²) in [6, 6.07) is 3.45. The van der Waals surface area contributed by atoms with Crippen LogP contribution in [-0.2, 0) is 0 Å². The highest BCUT2D eigenvalue weighted by Gasteiger charge is 2.37. The van der Waals surface area contributed by atoms with Crippen LogP contribution in [-0.4, -0.2) is 28.6 Å². The summed E-state index contributed by atoms with van der Waals surface area (Å²) in [6.07, 6.45) is 2.76. The molecule has 1 aliphatic heterocycles. The largest absolute Gasteiger partial charge is 0.386 e. The molecule has 1 unspecified atom stereocenters. The number of piperidine rings is 1. The van der Waals surface area contributed by atoms with E-state index in [1.165, 1.54) is 12.5 Å². The zero-order valence-electron chi connectivity index (χ0n) is 13.0. The van der Waals surface area contributed by atoms with Gasteiger partial charge in [-0.3, -0.25) is 4.90 Å². The van der Waals surface area contributed by atoms with Crippen molar-refractivity contribution in [2.24, 2.45) is 0 Å². The van der Waals surface area contributed by atoms with Crippen LogP contribution in [0.4, 0.5) is 4.39 Å². The molecule has 2 nitrogen and oxygen atoms in total. The fraction of sp³-hybridized carbons (Fsp3) is 0.647. The Kier molecular flexibility index (Phi) is 4.50. The van der Waals surface area contributed by atoms with E-state index in [-0.39, 0.29) is 5.82 Å². The average molecular weight is 279 g/mol. The lowest BCUT2D eigenvalue weighted by molar-refractivity contribution is -0.0228. The number of rotatable bonds is 3. The van der Waals surface area contributed by atoms with Crippen molar-refractivity contribution in [1.82, 2.24) is 4.90 Å². The number of aliphatic hydroxyl groups is 1. The molecule has 1 saturated heterocycles. The van der Waals surface area contributed by atoms with E-state index in [1.807, 2.05) is 33.8 Å². The van der Waals surface area contributed by atoms with Crippen molar-refractivity contribution < 1.29 is 9.50 Å². The van der Waals surface area contributed by atoms with Gasteiger partial charge in [-0.2, -0.15) is 0 Å². The van der Waals surface area contributed by atoms with Crippen molar-refractivity contribution in [1.29, 1.82) is 0 Å². The molecule has 112 valence electrons. The Labute approximate surface area is 121 Å². The molecule has 20 heavy (non-hydrogen) atoms. The molecule has 3 heteroatoms. The van der Waals surface area contributed by atoms with E-state index < -0.39 is 11.6 Å². The second-order valence-electron chi connectivity index (χ2n) is 6.58. The van der Waals surface area contributed by atoms with Crippen molar-refractivity contribution in [2.45, 2.75) is 58.6 Å². The Bertz CT molecular complexity index is 455. The van der Waals surface area contributed by atoms with Crippen LogP contribution in [0, 0.1) is 19.7 Å². The molecule has 1 N–H and O–H groups in total. The first-order valence-corrected chi connectivity index (χ1v) is 7.54. The highest BCUT2D eigenvalue weighted by atomic mass is 19.1. The lowest BCUT2D eigenvalue weighted by atomic mass is 9.85. The van der Waals surface area contributed by atoms with Crippen molar-refractivity contribution in [3.8, 4) is 0 Å². The third kappa shape index (κ3) is 2.89. The fourth-order valence-electron chi connectivity index (χ4n) is 3.27. The van der Waals surface area contributed by atoms with Crippen molar-refractivity contribution >= 4 is 0 Å². The van der Waals surface area contributed by atoms with Gasteiger partial charge in [0.15, 0.2) is 0 Å². The van der Waals surface area contributed by atoms with E-state index in [1.54, 1.807) is 0 Å². The highest BCUT2D eigenvalue weighted by Crippen LogP contribution is 2.36. The monoisotopic (exact) mass is 279 g/mol. The minimum absolute atomic E-state index is 0.292. The Morgan fingerprint density at radius 1 is 1.15 bits per heavy atom. The van der Waals surface area contributed by atoms with E-state index in [0.717, 1.165) is 37.1 Å². The number of aryl methyl sites for hydroxylation is 2. The molecule has 1 aromatic carbocycles. The number of hydrogen-bond acceptors (Lipinski definition) is 2. The number of halogens is 1. The lowest BCUT2D eigenvalue weighted by Crippen LogP contribution is -2.50. The number of benzene rings is 1. The molecule has 1 heterocycles. The van der Waals surface area contributed by atoms with Crippen LogP contribution < -0.4 is 0 Å². The van der Waals surface area contributed by atoms with Gasteiger partial charge in [0.25, 0.3) is 0 Å². The molecule has 1 aliphatic rings. The number of aliphatic hydroxyl groups excluding tert-OH is 1. The molecule has 0 radical (unpaired) electrons. The zero-order chi connectivity index (χ0) is 14.9. The number of hydrogen-bond donors (Lipinski definition) is 1. The summed E-state index contributed by atoms with van der Waals surface area (Å²) in [5.74, 6) is -0.292. The van der Waals surface area contributed by atoms with Gasteiger partial charge in [0, 0.05) is 11.1 Å². The number of likely N-dealkylation sites (tertiary alicyclic amines) is 1. The minimum atomic E-state index is -0.804. The SMILES string of the molecule is Cc1cc(C)c(C(O)C(C)(C)N2CCCCC2)c(F)c1. The molecule has 2 rings (SSSR count). The summed E-state index contributed by atoms with van der Waals surface area (Å²) in [5.41, 5.74) is 1.74. The molecule has 0 aromatic heterocycles. The molecule has 0 aliphatic carbocycles. The lowest BCUT2D eigenvalue weighted by Gasteiger charge is -2.44. The van der Waals surface area contributed by atoms with Gasteiger partial charge in [0.05, 0.1) is 6.10 Å². The van der Waals surface area contributed by atoms with Crippen LogP contribution in [0.5, 0.6) is 0 Å². The van der Waals surface area contributed by atoms with Gasteiger partial charge >= 0.3 is 0 Å². The summed E-state index contributed by atoms with van der Waals surface area (Å²) >= 11 is 0. The normalized spacial score (nSPS) is 19.1. The van der Waals surface area contributed by atoms with Crippen molar-refractivity contribution in [3.63, 3.8) is 0 Å². The molecule has 0 saturated carbocycles. The van der Waals surface area contributed by atoms with Gasteiger partial charge < -0.3 is 5.11 Å². The number of nitrogens with zero attached hydrogens (tertiary/aromatic N) is 1. The van der Waals surface area contributed by atoms with Crippen LogP contribution >= 0.6 is 0 Å². The van der Waals surface area contributed by atoms with Crippen molar-refractivity contribution in [2.75, 3.05) is 13.1 Å². The van der Waals surface area contributed by atoms with E-state index in [0.29, 0.717) is 5.56 Å². The van der Waals surface area contributed by atoms with E-state index in [4.69, 9.17) is 0 Å². The van der Waals surface area contributed by atoms with E-state index >= 15 is 0 Å². The van der Waals surface area contributed by atoms with Crippen LogP contribution in [0.15, 0.2) is 12.1 Å². The Balaban J connectivity index is 2.32. The summed E-state index contributed by atoms with van der Waals surface area (Å²) in [6.45, 7) is 9.75. The highest BCUT2D eigenvalue weighted by molar-refractivity contribution is 5.35. The van der Waals surface area contributed by atoms with Gasteiger partial charge in [0.2, 0.25) is 0 Å². The summed E-state index contributed by atoms with van der Waals surface area (Å²) in [5, 5.41) is 10.8. The quantitative estimate of drug-likeness (QED) is 0.911. The van der Waals surface area contributed by atoms with E-state index in [9.17, 15) is 9.50 Å². The molecule has 0 amide bonds. The van der Waals surface area contributed by atoms with Gasteiger partial charge in [-0.05, 0) is 70.8 Å². The molecular weight excluding hydrogens is 253 g/mol. The molecule has 0 spiro atoms. The van der Waals surface area contributed by atoms with Crippen LogP contribution in [0.3, 0.4) is 0 Å². The van der Waals surface area contributed by atoms with Crippen LogP contribution in [0.2, 0.25) is 0 Å². The predicted molar refractivity (Wildman–Crippen MR) is 80.3 cm³/mol. The van der Waals surface area contributed by atoms with Gasteiger partial charge in [-0.1, -0.05) is 12.5 Å². The minimum Gasteiger partial charge on any atom is -0.386 e. The first-order chi connectivity index (χ1) is 9.34. The smallest absolute Gasteiger partial charge is 0.129 e. The van der Waals surface area contributed by atoms with Gasteiger partial charge in [-0.25, -0.2) is 4.39 Å². The third-order valence-corrected chi connectivity index (χ3v) is 4.59. The Hall–Kier alpha value is -0.930. The topological polar surface area (TPSA) is 23.5 Å².